The standard InChI is InChI=1S/C27H38N6O5/c28-26(36)25-27(31-23(18-29-25)33-10-2-1-3-11-33)30-22-6-4-20(5-7-22)21-8-12-32(13-9-21)14-15-37-16-17-38-19-24(34)35/h4-7,18,21H,1-3,8-17,19H2,(H2,28,36)(H,30,31)(H,34,35). The molecule has 11 heteroatoms. The van der Waals surface area contributed by atoms with Crippen molar-refractivity contribution >= 4 is 29.2 Å². The van der Waals surface area contributed by atoms with E-state index in [0.717, 1.165) is 69.9 Å². The van der Waals surface area contributed by atoms with Crippen molar-refractivity contribution in [3.8, 4) is 0 Å². The molecule has 2 fully saturated rings. The molecular formula is C27H38N6O5. The molecule has 0 spiro atoms. The minimum atomic E-state index is -0.969. The van der Waals surface area contributed by atoms with Crippen molar-refractivity contribution in [1.29, 1.82) is 0 Å². The van der Waals surface area contributed by atoms with E-state index in [-0.39, 0.29) is 12.3 Å². The summed E-state index contributed by atoms with van der Waals surface area (Å²) in [6, 6.07) is 8.30. The molecule has 1 aromatic carbocycles. The van der Waals surface area contributed by atoms with Gasteiger partial charge in [0, 0.05) is 25.3 Å². The van der Waals surface area contributed by atoms with Crippen LogP contribution in [0.4, 0.5) is 17.3 Å². The Morgan fingerprint density at radius 3 is 2.39 bits per heavy atom. The SMILES string of the molecule is NC(=O)c1ncc(N2CCCCC2)nc1Nc1ccc(C2CCN(CCOCCOCC(=O)O)CC2)cc1. The van der Waals surface area contributed by atoms with Crippen molar-refractivity contribution in [2.24, 2.45) is 5.73 Å². The number of rotatable bonds is 13. The van der Waals surface area contributed by atoms with E-state index in [2.05, 4.69) is 32.2 Å². The molecule has 0 aliphatic carbocycles. The van der Waals surface area contributed by atoms with Gasteiger partial charge in [0.25, 0.3) is 5.91 Å². The number of amides is 1. The average molecular weight is 527 g/mol. The van der Waals surface area contributed by atoms with Crippen LogP contribution in [0.2, 0.25) is 0 Å². The molecule has 0 radical (unpaired) electrons. The van der Waals surface area contributed by atoms with Gasteiger partial charge in [0.05, 0.1) is 26.0 Å². The molecule has 0 bridgehead atoms. The minimum absolute atomic E-state index is 0.138. The fourth-order valence-electron chi connectivity index (χ4n) is 4.96. The van der Waals surface area contributed by atoms with Gasteiger partial charge in [-0.25, -0.2) is 14.8 Å². The fraction of sp³-hybridized carbons (Fsp3) is 0.556. The van der Waals surface area contributed by atoms with Crippen LogP contribution in [0, 0.1) is 0 Å². The number of aliphatic carboxylic acids is 1. The van der Waals surface area contributed by atoms with Crippen molar-refractivity contribution in [2.75, 3.05) is 69.4 Å². The number of nitrogens with zero attached hydrogens (tertiary/aromatic N) is 4. The maximum atomic E-state index is 12.0. The highest BCUT2D eigenvalue weighted by molar-refractivity contribution is 5.96. The molecule has 2 aliphatic heterocycles. The summed E-state index contributed by atoms with van der Waals surface area (Å²) in [5, 5.41) is 11.8. The zero-order chi connectivity index (χ0) is 26.7. The molecular weight excluding hydrogens is 488 g/mol. The normalized spacial score (nSPS) is 16.9. The number of likely N-dealkylation sites (tertiary alicyclic amines) is 1. The molecule has 1 amide bonds. The number of carboxylic acid groups (broad SMARTS) is 1. The number of carbonyl (C=O) groups is 2. The number of aromatic nitrogens is 2. The van der Waals surface area contributed by atoms with Crippen LogP contribution in [-0.4, -0.2) is 91.0 Å². The zero-order valence-electron chi connectivity index (χ0n) is 21.8. The summed E-state index contributed by atoms with van der Waals surface area (Å²) in [7, 11) is 0. The van der Waals surface area contributed by atoms with Gasteiger partial charge in [-0.2, -0.15) is 0 Å². The van der Waals surface area contributed by atoms with E-state index in [1.54, 1.807) is 6.20 Å². The minimum Gasteiger partial charge on any atom is -0.480 e. The molecule has 2 saturated heterocycles. The Bertz CT molecular complexity index is 1050. The lowest BCUT2D eigenvalue weighted by atomic mass is 9.89. The first-order valence-electron chi connectivity index (χ1n) is 13.4. The van der Waals surface area contributed by atoms with Gasteiger partial charge >= 0.3 is 5.97 Å². The van der Waals surface area contributed by atoms with Crippen LogP contribution in [0.3, 0.4) is 0 Å². The van der Waals surface area contributed by atoms with Gasteiger partial charge in [-0.05, 0) is 68.8 Å². The Balaban J connectivity index is 1.25. The van der Waals surface area contributed by atoms with Crippen molar-refractivity contribution in [1.82, 2.24) is 14.9 Å². The highest BCUT2D eigenvalue weighted by Crippen LogP contribution is 2.30. The van der Waals surface area contributed by atoms with Crippen LogP contribution < -0.4 is 16.0 Å². The summed E-state index contributed by atoms with van der Waals surface area (Å²) in [6.07, 6.45) is 7.26. The van der Waals surface area contributed by atoms with Gasteiger partial charge in [-0.1, -0.05) is 12.1 Å². The van der Waals surface area contributed by atoms with Crippen LogP contribution >= 0.6 is 0 Å². The average Bonchev–Trinajstić information content (AvgIpc) is 2.93. The predicted octanol–water partition coefficient (Wildman–Crippen LogP) is 2.61. The van der Waals surface area contributed by atoms with E-state index in [4.69, 9.17) is 25.3 Å². The predicted molar refractivity (Wildman–Crippen MR) is 144 cm³/mol. The summed E-state index contributed by atoms with van der Waals surface area (Å²) < 4.78 is 10.5. The van der Waals surface area contributed by atoms with Crippen LogP contribution in [0.15, 0.2) is 30.5 Å². The number of anilines is 3. The summed E-state index contributed by atoms with van der Waals surface area (Å²) in [5.74, 6) is 0.0673. The van der Waals surface area contributed by atoms with Crippen molar-refractivity contribution < 1.29 is 24.2 Å². The molecule has 0 saturated carbocycles. The van der Waals surface area contributed by atoms with E-state index in [9.17, 15) is 9.59 Å². The number of nitrogens with one attached hydrogen (secondary N) is 1. The van der Waals surface area contributed by atoms with Gasteiger partial charge in [-0.3, -0.25) is 4.79 Å². The third-order valence-corrected chi connectivity index (χ3v) is 7.06. The molecule has 2 aromatic rings. The molecule has 2 aliphatic rings. The summed E-state index contributed by atoms with van der Waals surface area (Å²) in [4.78, 5) is 36.0. The third kappa shape index (κ3) is 8.11. The van der Waals surface area contributed by atoms with Crippen LogP contribution in [0.25, 0.3) is 0 Å². The smallest absolute Gasteiger partial charge is 0.329 e. The van der Waals surface area contributed by atoms with Gasteiger partial charge in [0.2, 0.25) is 0 Å². The second-order valence-electron chi connectivity index (χ2n) is 9.76. The largest absolute Gasteiger partial charge is 0.480 e. The number of piperidine rings is 2. The van der Waals surface area contributed by atoms with Crippen LogP contribution in [0.1, 0.15) is 54.1 Å². The van der Waals surface area contributed by atoms with Crippen molar-refractivity contribution in [3.63, 3.8) is 0 Å². The molecule has 1 aromatic heterocycles. The van der Waals surface area contributed by atoms with Crippen LogP contribution in [-0.2, 0) is 14.3 Å². The molecule has 0 atom stereocenters. The molecule has 4 rings (SSSR count). The van der Waals surface area contributed by atoms with Crippen molar-refractivity contribution in [2.45, 2.75) is 38.0 Å². The summed E-state index contributed by atoms with van der Waals surface area (Å²) in [5.41, 5.74) is 7.84. The van der Waals surface area contributed by atoms with Gasteiger partial charge in [0.1, 0.15) is 12.4 Å². The number of hydrogen-bond donors (Lipinski definition) is 3. The lowest BCUT2D eigenvalue weighted by Gasteiger charge is -2.32. The second kappa shape index (κ2) is 14.0. The first-order valence-corrected chi connectivity index (χ1v) is 13.4. The maximum absolute atomic E-state index is 12.0. The Labute approximate surface area is 223 Å². The molecule has 11 nitrogen and oxygen atoms in total. The Morgan fingerprint density at radius 2 is 1.71 bits per heavy atom. The summed E-state index contributed by atoms with van der Waals surface area (Å²) >= 11 is 0. The quantitative estimate of drug-likeness (QED) is 0.333. The van der Waals surface area contributed by atoms with Crippen molar-refractivity contribution in [3.05, 3.63) is 41.7 Å². The van der Waals surface area contributed by atoms with Crippen LogP contribution in [0.5, 0.6) is 0 Å². The van der Waals surface area contributed by atoms with Gasteiger partial charge in [0.15, 0.2) is 11.5 Å². The fourth-order valence-corrected chi connectivity index (χ4v) is 4.96. The van der Waals surface area contributed by atoms with Gasteiger partial charge in [-0.15, -0.1) is 0 Å². The highest BCUT2D eigenvalue weighted by Gasteiger charge is 2.21. The topological polar surface area (TPSA) is 143 Å². The lowest BCUT2D eigenvalue weighted by Crippen LogP contribution is -2.35. The zero-order valence-corrected chi connectivity index (χ0v) is 21.8. The number of carboxylic acids is 1. The number of nitrogens with two attached hydrogens (primary N) is 1. The number of ether oxygens (including phenoxy) is 2. The van der Waals surface area contributed by atoms with Gasteiger partial charge < -0.3 is 35.4 Å². The number of benzene rings is 1. The Morgan fingerprint density at radius 1 is 1.00 bits per heavy atom. The number of primary amides is 1. The first kappa shape index (κ1) is 27.7. The van der Waals surface area contributed by atoms with E-state index in [1.807, 2.05) is 12.1 Å². The number of hydrogen-bond acceptors (Lipinski definition) is 9. The van der Waals surface area contributed by atoms with E-state index >= 15 is 0 Å². The highest BCUT2D eigenvalue weighted by atomic mass is 16.5. The maximum Gasteiger partial charge on any atom is 0.329 e. The summed E-state index contributed by atoms with van der Waals surface area (Å²) in [6.45, 7) is 5.75. The number of carbonyl (C=O) groups excluding carboxylic acids is 1. The Hall–Kier alpha value is -3.28. The first-order chi connectivity index (χ1) is 18.5. The molecule has 3 heterocycles. The second-order valence-corrected chi connectivity index (χ2v) is 9.76. The Kier molecular flexibility index (Phi) is 10.2. The molecule has 38 heavy (non-hydrogen) atoms. The van der Waals surface area contributed by atoms with E-state index < -0.39 is 11.9 Å². The molecule has 0 unspecified atom stereocenters. The molecule has 4 N–H and O–H groups in total. The van der Waals surface area contributed by atoms with E-state index in [0.29, 0.717) is 31.6 Å². The van der Waals surface area contributed by atoms with E-state index in [1.165, 1.54) is 12.0 Å². The monoisotopic (exact) mass is 526 g/mol. The molecule has 206 valence electrons. The third-order valence-electron chi connectivity index (χ3n) is 7.06. The lowest BCUT2D eigenvalue weighted by molar-refractivity contribution is -0.142.